The SMILES string of the molecule is Cc1c(F)cccc1-c1ccc(F)cc1CNC(C)C. The van der Waals surface area contributed by atoms with Crippen LogP contribution in [0.4, 0.5) is 8.78 Å². The van der Waals surface area contributed by atoms with Gasteiger partial charge in [-0.2, -0.15) is 0 Å². The van der Waals surface area contributed by atoms with E-state index in [2.05, 4.69) is 5.32 Å². The molecule has 0 amide bonds. The minimum atomic E-state index is -0.275. The summed E-state index contributed by atoms with van der Waals surface area (Å²) in [6.07, 6.45) is 0. The summed E-state index contributed by atoms with van der Waals surface area (Å²) in [7, 11) is 0. The van der Waals surface area contributed by atoms with Crippen LogP contribution in [0, 0.1) is 18.6 Å². The van der Waals surface area contributed by atoms with Gasteiger partial charge in [-0.05, 0) is 47.4 Å². The van der Waals surface area contributed by atoms with Crippen molar-refractivity contribution in [3.8, 4) is 11.1 Å². The Morgan fingerprint density at radius 3 is 2.50 bits per heavy atom. The lowest BCUT2D eigenvalue weighted by molar-refractivity contribution is 0.582. The molecule has 0 radical (unpaired) electrons. The molecule has 0 aliphatic heterocycles. The quantitative estimate of drug-likeness (QED) is 0.870. The zero-order valence-corrected chi connectivity index (χ0v) is 12.0. The van der Waals surface area contributed by atoms with Gasteiger partial charge in [0.2, 0.25) is 0 Å². The van der Waals surface area contributed by atoms with Crippen molar-refractivity contribution in [2.45, 2.75) is 33.4 Å². The summed E-state index contributed by atoms with van der Waals surface area (Å²) in [5.41, 5.74) is 3.11. The molecule has 2 aromatic rings. The summed E-state index contributed by atoms with van der Waals surface area (Å²) in [6, 6.07) is 9.93. The average Bonchev–Trinajstić information content (AvgIpc) is 2.40. The van der Waals surface area contributed by atoms with Crippen molar-refractivity contribution >= 4 is 0 Å². The molecule has 0 aliphatic rings. The Hall–Kier alpha value is -1.74. The molecular formula is C17H19F2N. The lowest BCUT2D eigenvalue weighted by Gasteiger charge is -2.15. The molecule has 0 saturated heterocycles. The van der Waals surface area contributed by atoms with E-state index in [0.29, 0.717) is 18.2 Å². The summed E-state index contributed by atoms with van der Waals surface area (Å²) in [5, 5.41) is 3.27. The molecule has 0 unspecified atom stereocenters. The van der Waals surface area contributed by atoms with Gasteiger partial charge in [0.05, 0.1) is 0 Å². The number of hydrogen-bond acceptors (Lipinski definition) is 1. The molecule has 2 aromatic carbocycles. The van der Waals surface area contributed by atoms with Crippen molar-refractivity contribution in [1.29, 1.82) is 0 Å². The van der Waals surface area contributed by atoms with Crippen LogP contribution in [-0.2, 0) is 6.54 Å². The van der Waals surface area contributed by atoms with Crippen LogP contribution in [0.25, 0.3) is 11.1 Å². The average molecular weight is 275 g/mol. The van der Waals surface area contributed by atoms with Gasteiger partial charge >= 0.3 is 0 Å². The van der Waals surface area contributed by atoms with E-state index in [9.17, 15) is 8.78 Å². The van der Waals surface area contributed by atoms with E-state index in [1.807, 2.05) is 19.9 Å². The first-order chi connectivity index (χ1) is 9.49. The molecule has 2 rings (SSSR count). The second-order valence-electron chi connectivity index (χ2n) is 5.25. The molecule has 20 heavy (non-hydrogen) atoms. The molecule has 1 N–H and O–H groups in total. The number of hydrogen-bond donors (Lipinski definition) is 1. The van der Waals surface area contributed by atoms with Crippen LogP contribution in [0.2, 0.25) is 0 Å². The maximum Gasteiger partial charge on any atom is 0.126 e. The van der Waals surface area contributed by atoms with Gasteiger partial charge in [-0.25, -0.2) is 8.78 Å². The van der Waals surface area contributed by atoms with Gasteiger partial charge in [-0.1, -0.05) is 32.0 Å². The van der Waals surface area contributed by atoms with Crippen LogP contribution >= 0.6 is 0 Å². The highest BCUT2D eigenvalue weighted by Gasteiger charge is 2.11. The molecule has 0 heterocycles. The largest absolute Gasteiger partial charge is 0.310 e. The van der Waals surface area contributed by atoms with E-state index < -0.39 is 0 Å². The Bertz CT molecular complexity index is 606. The predicted molar refractivity (Wildman–Crippen MR) is 78.5 cm³/mol. The van der Waals surface area contributed by atoms with Crippen LogP contribution in [0.3, 0.4) is 0 Å². The van der Waals surface area contributed by atoms with Crippen LogP contribution in [0.5, 0.6) is 0 Å². The van der Waals surface area contributed by atoms with Gasteiger partial charge in [0.1, 0.15) is 11.6 Å². The standard InChI is InChI=1S/C17H19F2N/c1-11(2)20-10-13-9-14(18)7-8-16(13)15-5-4-6-17(19)12(15)3/h4-9,11,20H,10H2,1-3H3. The van der Waals surface area contributed by atoms with Gasteiger partial charge < -0.3 is 5.32 Å². The molecule has 0 fully saturated rings. The molecule has 0 saturated carbocycles. The van der Waals surface area contributed by atoms with E-state index >= 15 is 0 Å². The number of rotatable bonds is 4. The van der Waals surface area contributed by atoms with E-state index in [4.69, 9.17) is 0 Å². The molecule has 1 nitrogen and oxygen atoms in total. The Morgan fingerprint density at radius 1 is 1.05 bits per heavy atom. The number of benzene rings is 2. The predicted octanol–water partition coefficient (Wildman–Crippen LogP) is 4.44. The topological polar surface area (TPSA) is 12.0 Å². The maximum atomic E-state index is 13.7. The summed E-state index contributed by atoms with van der Waals surface area (Å²) >= 11 is 0. The monoisotopic (exact) mass is 275 g/mol. The number of nitrogens with one attached hydrogen (secondary N) is 1. The van der Waals surface area contributed by atoms with Gasteiger partial charge in [0, 0.05) is 12.6 Å². The molecule has 0 aliphatic carbocycles. The second kappa shape index (κ2) is 6.14. The second-order valence-corrected chi connectivity index (χ2v) is 5.25. The van der Waals surface area contributed by atoms with Crippen LogP contribution in [-0.4, -0.2) is 6.04 Å². The molecule has 3 heteroatoms. The maximum absolute atomic E-state index is 13.7. The zero-order valence-electron chi connectivity index (χ0n) is 12.0. The minimum absolute atomic E-state index is 0.241. The first-order valence-electron chi connectivity index (χ1n) is 6.76. The molecule has 0 spiro atoms. The van der Waals surface area contributed by atoms with Crippen molar-refractivity contribution in [2.24, 2.45) is 0 Å². The fraction of sp³-hybridized carbons (Fsp3) is 0.294. The van der Waals surface area contributed by atoms with Gasteiger partial charge in [-0.3, -0.25) is 0 Å². The van der Waals surface area contributed by atoms with Gasteiger partial charge in [0.15, 0.2) is 0 Å². The molecule has 106 valence electrons. The summed E-state index contributed by atoms with van der Waals surface area (Å²) in [5.74, 6) is -0.516. The highest BCUT2D eigenvalue weighted by Crippen LogP contribution is 2.29. The van der Waals surface area contributed by atoms with E-state index in [0.717, 1.165) is 16.7 Å². The normalized spacial score (nSPS) is 11.1. The lowest BCUT2D eigenvalue weighted by Crippen LogP contribution is -2.22. The summed E-state index contributed by atoms with van der Waals surface area (Å²) < 4.78 is 27.2. The smallest absolute Gasteiger partial charge is 0.126 e. The number of halogens is 2. The third-order valence-corrected chi connectivity index (χ3v) is 3.33. The van der Waals surface area contributed by atoms with E-state index in [1.165, 1.54) is 18.2 Å². The van der Waals surface area contributed by atoms with Gasteiger partial charge in [0.25, 0.3) is 0 Å². The third-order valence-electron chi connectivity index (χ3n) is 3.33. The molecule has 0 bridgehead atoms. The van der Waals surface area contributed by atoms with Crippen molar-refractivity contribution < 1.29 is 8.78 Å². The first-order valence-corrected chi connectivity index (χ1v) is 6.76. The Balaban J connectivity index is 2.47. The molecular weight excluding hydrogens is 256 g/mol. The Labute approximate surface area is 118 Å². The Kier molecular flexibility index (Phi) is 4.50. The van der Waals surface area contributed by atoms with Crippen molar-refractivity contribution in [1.82, 2.24) is 5.32 Å². The van der Waals surface area contributed by atoms with Crippen molar-refractivity contribution in [2.75, 3.05) is 0 Å². The third kappa shape index (κ3) is 3.23. The van der Waals surface area contributed by atoms with E-state index in [1.54, 1.807) is 19.1 Å². The fourth-order valence-corrected chi connectivity index (χ4v) is 2.18. The minimum Gasteiger partial charge on any atom is -0.310 e. The van der Waals surface area contributed by atoms with Crippen molar-refractivity contribution in [3.05, 3.63) is 59.2 Å². The lowest BCUT2D eigenvalue weighted by atomic mass is 9.95. The van der Waals surface area contributed by atoms with E-state index in [-0.39, 0.29) is 11.6 Å². The summed E-state index contributed by atoms with van der Waals surface area (Å²) in [4.78, 5) is 0. The Morgan fingerprint density at radius 2 is 1.80 bits per heavy atom. The highest BCUT2D eigenvalue weighted by molar-refractivity contribution is 5.70. The molecule has 0 atom stereocenters. The first kappa shape index (κ1) is 14.7. The van der Waals surface area contributed by atoms with Crippen molar-refractivity contribution in [3.63, 3.8) is 0 Å². The summed E-state index contributed by atoms with van der Waals surface area (Å²) in [6.45, 7) is 6.37. The molecule has 0 aromatic heterocycles. The van der Waals surface area contributed by atoms with Crippen LogP contribution in [0.15, 0.2) is 36.4 Å². The van der Waals surface area contributed by atoms with Gasteiger partial charge in [-0.15, -0.1) is 0 Å². The fourth-order valence-electron chi connectivity index (χ4n) is 2.18. The highest BCUT2D eigenvalue weighted by atomic mass is 19.1. The zero-order chi connectivity index (χ0) is 14.7. The van der Waals surface area contributed by atoms with Crippen LogP contribution in [0.1, 0.15) is 25.0 Å². The van der Waals surface area contributed by atoms with Crippen LogP contribution < -0.4 is 5.32 Å².